The largest absolute Gasteiger partial charge is 0.310 e. The monoisotopic (exact) mass is 662 g/mol. The fraction of sp³-hybridized carbons (Fsp3) is 0. The van der Waals surface area contributed by atoms with Crippen LogP contribution in [-0.2, 0) is 0 Å². The standard InChI is InChI=1S/C50H34N2/c1-2-15-38-33-42(32-27-35(38)13-1)51(41-18-11-17-39(34-41)44-23-12-16-36-14-3-4-19-43(36)44)40-30-28-37(29-31-40)45-20-5-8-24-48(45)52-49-25-9-6-21-46(49)47-22-7-10-26-50(47)52/h1-34H. The number of rotatable bonds is 6. The lowest BCUT2D eigenvalue weighted by Crippen LogP contribution is -2.10. The Morgan fingerprint density at radius 1 is 0.308 bits per heavy atom. The normalized spacial score (nSPS) is 11.5. The Hall–Kier alpha value is -6.90. The molecule has 52 heavy (non-hydrogen) atoms. The van der Waals surface area contributed by atoms with Crippen LogP contribution in [-0.4, -0.2) is 4.57 Å². The topological polar surface area (TPSA) is 8.17 Å². The molecule has 0 fully saturated rings. The zero-order valence-corrected chi connectivity index (χ0v) is 28.5. The highest BCUT2D eigenvalue weighted by atomic mass is 15.1. The molecule has 0 amide bonds. The summed E-state index contributed by atoms with van der Waals surface area (Å²) in [5.41, 5.74) is 11.7. The maximum atomic E-state index is 2.41. The predicted molar refractivity (Wildman–Crippen MR) is 221 cm³/mol. The minimum Gasteiger partial charge on any atom is -0.310 e. The van der Waals surface area contributed by atoms with Crippen LogP contribution in [0.25, 0.3) is 71.3 Å². The third-order valence-corrected chi connectivity index (χ3v) is 10.4. The van der Waals surface area contributed by atoms with Gasteiger partial charge in [0.25, 0.3) is 0 Å². The van der Waals surface area contributed by atoms with Gasteiger partial charge < -0.3 is 9.47 Å². The van der Waals surface area contributed by atoms with E-state index in [1.807, 2.05) is 0 Å². The van der Waals surface area contributed by atoms with Crippen LogP contribution in [0.5, 0.6) is 0 Å². The molecular formula is C50H34N2. The van der Waals surface area contributed by atoms with Gasteiger partial charge in [0.1, 0.15) is 0 Å². The number of anilines is 3. The van der Waals surface area contributed by atoms with Crippen molar-refractivity contribution >= 4 is 60.4 Å². The van der Waals surface area contributed by atoms with Gasteiger partial charge in [0.15, 0.2) is 0 Å². The number of para-hydroxylation sites is 3. The maximum Gasteiger partial charge on any atom is 0.0541 e. The molecular weight excluding hydrogens is 629 g/mol. The molecule has 0 aliphatic rings. The quantitative estimate of drug-likeness (QED) is 0.172. The van der Waals surface area contributed by atoms with Crippen molar-refractivity contribution in [2.75, 3.05) is 4.90 Å². The summed E-state index contributed by atoms with van der Waals surface area (Å²) in [5.74, 6) is 0. The van der Waals surface area contributed by atoms with Crippen LogP contribution >= 0.6 is 0 Å². The number of nitrogens with zero attached hydrogens (tertiary/aromatic N) is 2. The summed E-state index contributed by atoms with van der Waals surface area (Å²) < 4.78 is 2.41. The van der Waals surface area contributed by atoms with E-state index in [0.717, 1.165) is 17.1 Å². The Morgan fingerprint density at radius 2 is 0.865 bits per heavy atom. The number of fused-ring (bicyclic) bond motifs is 5. The van der Waals surface area contributed by atoms with E-state index in [4.69, 9.17) is 0 Å². The fourth-order valence-corrected chi connectivity index (χ4v) is 7.94. The molecule has 0 atom stereocenters. The van der Waals surface area contributed by atoms with Crippen LogP contribution in [0.3, 0.4) is 0 Å². The van der Waals surface area contributed by atoms with E-state index in [-0.39, 0.29) is 0 Å². The van der Waals surface area contributed by atoms with Gasteiger partial charge in [0.05, 0.1) is 16.7 Å². The van der Waals surface area contributed by atoms with Gasteiger partial charge in [-0.1, -0.05) is 152 Å². The summed E-state index contributed by atoms with van der Waals surface area (Å²) in [6.45, 7) is 0. The molecule has 10 rings (SSSR count). The van der Waals surface area contributed by atoms with E-state index >= 15 is 0 Å². The number of benzene rings is 9. The summed E-state index contributed by atoms with van der Waals surface area (Å²) in [6.07, 6.45) is 0. The Labute approximate surface area is 303 Å². The second-order valence-corrected chi connectivity index (χ2v) is 13.4. The molecule has 0 bridgehead atoms. The Balaban J connectivity index is 1.11. The highest BCUT2D eigenvalue weighted by Crippen LogP contribution is 2.41. The van der Waals surface area contributed by atoms with Gasteiger partial charge >= 0.3 is 0 Å². The smallest absolute Gasteiger partial charge is 0.0541 e. The average molecular weight is 663 g/mol. The predicted octanol–water partition coefficient (Wildman–Crippen LogP) is 13.9. The molecule has 2 heteroatoms. The highest BCUT2D eigenvalue weighted by Gasteiger charge is 2.18. The first-order valence-electron chi connectivity index (χ1n) is 17.9. The van der Waals surface area contributed by atoms with E-state index in [1.165, 1.54) is 71.3 Å². The third-order valence-electron chi connectivity index (χ3n) is 10.4. The molecule has 0 aliphatic carbocycles. The zero-order valence-electron chi connectivity index (χ0n) is 28.5. The fourth-order valence-electron chi connectivity index (χ4n) is 7.94. The summed E-state index contributed by atoms with van der Waals surface area (Å²) in [6, 6.07) is 74.7. The van der Waals surface area contributed by atoms with Gasteiger partial charge in [-0.05, 0) is 92.8 Å². The van der Waals surface area contributed by atoms with Crippen molar-refractivity contribution in [3.63, 3.8) is 0 Å². The Bertz CT molecular complexity index is 2860. The van der Waals surface area contributed by atoms with Crippen molar-refractivity contribution in [3.8, 4) is 27.9 Å². The molecule has 0 unspecified atom stereocenters. The van der Waals surface area contributed by atoms with E-state index < -0.39 is 0 Å². The lowest BCUT2D eigenvalue weighted by Gasteiger charge is -2.27. The van der Waals surface area contributed by atoms with Gasteiger partial charge in [-0.15, -0.1) is 0 Å². The molecule has 1 heterocycles. The first kappa shape index (κ1) is 30.0. The number of aromatic nitrogens is 1. The van der Waals surface area contributed by atoms with Crippen LogP contribution in [0.15, 0.2) is 206 Å². The maximum absolute atomic E-state index is 2.41. The minimum absolute atomic E-state index is 1.10. The lowest BCUT2D eigenvalue weighted by atomic mass is 9.97. The second kappa shape index (κ2) is 12.5. The zero-order chi connectivity index (χ0) is 34.4. The van der Waals surface area contributed by atoms with Gasteiger partial charge in [0.2, 0.25) is 0 Å². The Kier molecular flexibility index (Phi) is 7.18. The van der Waals surface area contributed by atoms with Crippen LogP contribution in [0.4, 0.5) is 17.1 Å². The van der Waals surface area contributed by atoms with Crippen molar-refractivity contribution in [1.82, 2.24) is 4.57 Å². The summed E-state index contributed by atoms with van der Waals surface area (Å²) in [4.78, 5) is 2.38. The molecule has 244 valence electrons. The molecule has 2 nitrogen and oxygen atoms in total. The van der Waals surface area contributed by atoms with Gasteiger partial charge in [-0.3, -0.25) is 0 Å². The van der Waals surface area contributed by atoms with Crippen molar-refractivity contribution in [1.29, 1.82) is 0 Å². The first-order valence-corrected chi connectivity index (χ1v) is 17.9. The van der Waals surface area contributed by atoms with Crippen LogP contribution in [0.1, 0.15) is 0 Å². The van der Waals surface area contributed by atoms with Crippen LogP contribution in [0, 0.1) is 0 Å². The molecule has 0 saturated carbocycles. The molecule has 0 spiro atoms. The van der Waals surface area contributed by atoms with Crippen LogP contribution in [0.2, 0.25) is 0 Å². The van der Waals surface area contributed by atoms with E-state index in [1.54, 1.807) is 0 Å². The summed E-state index contributed by atoms with van der Waals surface area (Å²) >= 11 is 0. The molecule has 0 aliphatic heterocycles. The number of hydrogen-bond acceptors (Lipinski definition) is 1. The Morgan fingerprint density at radius 3 is 1.65 bits per heavy atom. The molecule has 1 aromatic heterocycles. The lowest BCUT2D eigenvalue weighted by molar-refractivity contribution is 1.18. The molecule has 9 aromatic carbocycles. The third kappa shape index (κ3) is 5.04. The minimum atomic E-state index is 1.10. The molecule has 0 saturated heterocycles. The molecule has 0 N–H and O–H groups in total. The second-order valence-electron chi connectivity index (χ2n) is 13.4. The van der Waals surface area contributed by atoms with Crippen LogP contribution < -0.4 is 4.90 Å². The van der Waals surface area contributed by atoms with Gasteiger partial charge in [0, 0.05) is 33.4 Å². The SMILES string of the molecule is c1cc(-c2cccc3ccccc23)cc(N(c2ccc(-c3ccccc3-n3c4ccccc4c4ccccc43)cc2)c2ccc3ccccc3c2)c1. The van der Waals surface area contributed by atoms with E-state index in [0.29, 0.717) is 0 Å². The average Bonchev–Trinajstić information content (AvgIpc) is 3.55. The van der Waals surface area contributed by atoms with Crippen molar-refractivity contribution in [3.05, 3.63) is 206 Å². The van der Waals surface area contributed by atoms with Gasteiger partial charge in [-0.2, -0.15) is 0 Å². The van der Waals surface area contributed by atoms with Crippen molar-refractivity contribution in [2.24, 2.45) is 0 Å². The molecule has 10 aromatic rings. The molecule has 0 radical (unpaired) electrons. The van der Waals surface area contributed by atoms with Crippen molar-refractivity contribution in [2.45, 2.75) is 0 Å². The van der Waals surface area contributed by atoms with E-state index in [9.17, 15) is 0 Å². The summed E-state index contributed by atoms with van der Waals surface area (Å²) in [7, 11) is 0. The number of hydrogen-bond donors (Lipinski definition) is 0. The first-order chi connectivity index (χ1) is 25.8. The highest BCUT2D eigenvalue weighted by molar-refractivity contribution is 6.09. The van der Waals surface area contributed by atoms with Gasteiger partial charge in [-0.25, -0.2) is 0 Å². The van der Waals surface area contributed by atoms with Crippen molar-refractivity contribution < 1.29 is 0 Å². The van der Waals surface area contributed by atoms with E-state index in [2.05, 4.69) is 216 Å². The summed E-state index contributed by atoms with van der Waals surface area (Å²) in [5, 5.41) is 7.47.